The van der Waals surface area contributed by atoms with Crippen LogP contribution >= 0.6 is 0 Å². The van der Waals surface area contributed by atoms with E-state index >= 15 is 0 Å². The summed E-state index contributed by atoms with van der Waals surface area (Å²) in [6.07, 6.45) is 4.98. The number of likely N-dealkylation sites (tertiary alicyclic amines) is 2. The third-order valence-electron chi connectivity index (χ3n) is 6.78. The number of esters is 1. The van der Waals surface area contributed by atoms with Gasteiger partial charge in [-0.15, -0.1) is 0 Å². The molecule has 3 rings (SSSR count). The molecule has 2 heterocycles. The maximum atomic E-state index is 13.4. The van der Waals surface area contributed by atoms with Gasteiger partial charge < -0.3 is 19.9 Å². The second-order valence-electron chi connectivity index (χ2n) is 9.32. The summed E-state index contributed by atoms with van der Waals surface area (Å²) in [5, 5.41) is 3.04. The van der Waals surface area contributed by atoms with Crippen LogP contribution in [0.1, 0.15) is 69.5 Å². The third-order valence-corrected chi connectivity index (χ3v) is 6.78. The number of ether oxygens (including phenoxy) is 1. The molecule has 0 radical (unpaired) electrons. The third kappa shape index (κ3) is 6.49. The van der Waals surface area contributed by atoms with Crippen molar-refractivity contribution >= 4 is 17.9 Å². The van der Waals surface area contributed by atoms with Gasteiger partial charge in [-0.1, -0.05) is 43.2 Å². The highest BCUT2D eigenvalue weighted by atomic mass is 16.5. The first-order chi connectivity index (χ1) is 15.9. The second-order valence-corrected chi connectivity index (χ2v) is 9.32. The molecule has 0 aliphatic carbocycles. The highest BCUT2D eigenvalue weighted by molar-refractivity contribution is 5.82. The molecule has 0 unspecified atom stereocenters. The Morgan fingerprint density at radius 3 is 2.64 bits per heavy atom. The van der Waals surface area contributed by atoms with E-state index in [-0.39, 0.29) is 35.8 Å². The predicted octanol–water partition coefficient (Wildman–Crippen LogP) is 4.06. The van der Waals surface area contributed by atoms with E-state index in [4.69, 9.17) is 4.74 Å². The fourth-order valence-corrected chi connectivity index (χ4v) is 4.98. The number of nitrogens with one attached hydrogen (secondary N) is 1. The molecule has 0 aromatic heterocycles. The molecule has 1 N–H and O–H groups in total. The van der Waals surface area contributed by atoms with Crippen LogP contribution in [-0.2, 0) is 14.3 Å². The number of carbonyl (C=O) groups excluding carboxylic acids is 3. The minimum atomic E-state index is -0.250. The van der Waals surface area contributed by atoms with Crippen LogP contribution in [0.2, 0.25) is 0 Å². The minimum Gasteiger partial charge on any atom is -0.466 e. The number of urea groups is 1. The summed E-state index contributed by atoms with van der Waals surface area (Å²) in [5.74, 6) is -0.656. The van der Waals surface area contributed by atoms with E-state index in [1.807, 2.05) is 15.9 Å². The van der Waals surface area contributed by atoms with Crippen LogP contribution in [0.25, 0.3) is 0 Å². The molecule has 182 valence electrons. The van der Waals surface area contributed by atoms with Gasteiger partial charge in [0, 0.05) is 26.2 Å². The molecule has 2 saturated heterocycles. The maximum Gasteiger partial charge on any atom is 0.317 e. The Hall–Kier alpha value is -2.57. The lowest BCUT2D eigenvalue weighted by molar-refractivity contribution is -0.152. The van der Waals surface area contributed by atoms with Gasteiger partial charge in [-0.25, -0.2) is 4.79 Å². The summed E-state index contributed by atoms with van der Waals surface area (Å²) in [5.41, 5.74) is 2.28. The molecule has 0 saturated carbocycles. The van der Waals surface area contributed by atoms with Crippen LogP contribution in [0.15, 0.2) is 24.3 Å². The number of hydrogen-bond acceptors (Lipinski definition) is 4. The number of carbonyl (C=O) groups is 3. The SMILES string of the molecule is CCCCNC(=O)N1C[C@H](C(=O)N2CCC[C@@H](C(=O)OCC)C2)CC[C@@H]1c1cccc(C)c1. The molecule has 2 aliphatic heterocycles. The smallest absolute Gasteiger partial charge is 0.317 e. The lowest BCUT2D eigenvalue weighted by Gasteiger charge is -2.42. The molecule has 3 atom stereocenters. The van der Waals surface area contributed by atoms with Crippen LogP contribution in [-0.4, -0.2) is 60.5 Å². The Bertz CT molecular complexity index is 828. The van der Waals surface area contributed by atoms with Crippen LogP contribution < -0.4 is 5.32 Å². The molecule has 7 nitrogen and oxygen atoms in total. The molecule has 3 amide bonds. The predicted molar refractivity (Wildman–Crippen MR) is 128 cm³/mol. The number of piperidine rings is 2. The highest BCUT2D eigenvalue weighted by Gasteiger charge is 2.39. The second kappa shape index (κ2) is 12.1. The topological polar surface area (TPSA) is 79.0 Å². The lowest BCUT2D eigenvalue weighted by Crippen LogP contribution is -2.52. The van der Waals surface area contributed by atoms with Crippen molar-refractivity contribution < 1.29 is 19.1 Å². The number of unbranched alkanes of at least 4 members (excludes halogenated alkanes) is 1. The summed E-state index contributed by atoms with van der Waals surface area (Å²) in [6.45, 7) is 8.42. The first-order valence-corrected chi connectivity index (χ1v) is 12.5. The number of nitrogens with zero attached hydrogens (tertiary/aromatic N) is 2. The zero-order valence-corrected chi connectivity index (χ0v) is 20.3. The van der Waals surface area contributed by atoms with Crippen molar-refractivity contribution in [2.75, 3.05) is 32.8 Å². The molecule has 1 aromatic carbocycles. The van der Waals surface area contributed by atoms with Crippen molar-refractivity contribution in [2.24, 2.45) is 11.8 Å². The van der Waals surface area contributed by atoms with Crippen molar-refractivity contribution in [3.05, 3.63) is 35.4 Å². The van der Waals surface area contributed by atoms with Crippen molar-refractivity contribution in [2.45, 2.75) is 65.3 Å². The molecule has 2 aliphatic rings. The summed E-state index contributed by atoms with van der Waals surface area (Å²) in [7, 11) is 0. The zero-order valence-electron chi connectivity index (χ0n) is 20.3. The van der Waals surface area contributed by atoms with Gasteiger partial charge in [0.15, 0.2) is 0 Å². The van der Waals surface area contributed by atoms with Gasteiger partial charge in [0.1, 0.15) is 0 Å². The number of aryl methyl sites for hydroxylation is 1. The summed E-state index contributed by atoms with van der Waals surface area (Å²) >= 11 is 0. The van der Waals surface area contributed by atoms with Gasteiger partial charge in [-0.2, -0.15) is 0 Å². The van der Waals surface area contributed by atoms with E-state index in [9.17, 15) is 14.4 Å². The number of hydrogen-bond donors (Lipinski definition) is 1. The van der Waals surface area contributed by atoms with E-state index in [0.29, 0.717) is 32.8 Å². The minimum absolute atomic E-state index is 0.0378. The van der Waals surface area contributed by atoms with Gasteiger partial charge in [-0.3, -0.25) is 9.59 Å². The Morgan fingerprint density at radius 1 is 1.09 bits per heavy atom. The number of benzene rings is 1. The number of amides is 3. The van der Waals surface area contributed by atoms with Gasteiger partial charge in [0.25, 0.3) is 0 Å². The molecule has 1 aromatic rings. The lowest BCUT2D eigenvalue weighted by atomic mass is 9.87. The van der Waals surface area contributed by atoms with Gasteiger partial charge in [0.05, 0.1) is 24.5 Å². The molecule has 0 spiro atoms. The van der Waals surface area contributed by atoms with Crippen molar-refractivity contribution in [1.82, 2.24) is 15.1 Å². The van der Waals surface area contributed by atoms with Crippen molar-refractivity contribution in [3.63, 3.8) is 0 Å². The molecule has 2 fully saturated rings. The molecule has 7 heteroatoms. The Morgan fingerprint density at radius 2 is 1.91 bits per heavy atom. The van der Waals surface area contributed by atoms with Crippen molar-refractivity contribution in [1.29, 1.82) is 0 Å². The molecule has 0 bridgehead atoms. The first-order valence-electron chi connectivity index (χ1n) is 12.5. The average molecular weight is 458 g/mol. The first kappa shape index (κ1) is 25.1. The monoisotopic (exact) mass is 457 g/mol. The average Bonchev–Trinajstić information content (AvgIpc) is 2.83. The van der Waals surface area contributed by atoms with Crippen LogP contribution in [0.4, 0.5) is 4.79 Å². The van der Waals surface area contributed by atoms with Crippen LogP contribution in [0.5, 0.6) is 0 Å². The summed E-state index contributed by atoms with van der Waals surface area (Å²) in [4.78, 5) is 42.4. The Kier molecular flexibility index (Phi) is 9.15. The highest BCUT2D eigenvalue weighted by Crippen LogP contribution is 2.35. The Balaban J connectivity index is 1.72. The largest absolute Gasteiger partial charge is 0.466 e. The Labute approximate surface area is 197 Å². The quantitative estimate of drug-likeness (QED) is 0.495. The van der Waals surface area contributed by atoms with E-state index in [1.165, 1.54) is 0 Å². The summed E-state index contributed by atoms with van der Waals surface area (Å²) < 4.78 is 5.18. The fourth-order valence-electron chi connectivity index (χ4n) is 4.98. The fraction of sp³-hybridized carbons (Fsp3) is 0.654. The molecule has 33 heavy (non-hydrogen) atoms. The molecular formula is C26H39N3O4. The van der Waals surface area contributed by atoms with E-state index < -0.39 is 0 Å². The van der Waals surface area contributed by atoms with Gasteiger partial charge in [-0.05, 0) is 51.5 Å². The zero-order chi connectivity index (χ0) is 23.8. The normalized spacial score (nSPS) is 23.2. The summed E-state index contributed by atoms with van der Waals surface area (Å²) in [6, 6.07) is 8.15. The van der Waals surface area contributed by atoms with E-state index in [1.54, 1.807) is 6.92 Å². The van der Waals surface area contributed by atoms with Gasteiger partial charge >= 0.3 is 12.0 Å². The number of rotatable bonds is 7. The van der Waals surface area contributed by atoms with Crippen LogP contribution in [0, 0.1) is 18.8 Å². The maximum absolute atomic E-state index is 13.4. The van der Waals surface area contributed by atoms with E-state index in [2.05, 4.69) is 37.4 Å². The molecular weight excluding hydrogens is 418 g/mol. The van der Waals surface area contributed by atoms with Gasteiger partial charge in [0.2, 0.25) is 5.91 Å². The standard InChI is InChI=1S/C26H39N3O4/c1-4-6-14-27-26(32)29-18-21(12-13-23(29)20-10-7-9-19(3)16-20)24(30)28-15-8-11-22(17-28)25(31)33-5-2/h7,9-10,16,21-23H,4-6,8,11-15,17-18H2,1-3H3,(H,27,32)/t21-,22-,23-/m1/s1. The van der Waals surface area contributed by atoms with Crippen LogP contribution in [0.3, 0.4) is 0 Å². The van der Waals surface area contributed by atoms with E-state index in [0.717, 1.165) is 49.7 Å². The van der Waals surface area contributed by atoms with Crippen molar-refractivity contribution in [3.8, 4) is 0 Å².